The van der Waals surface area contributed by atoms with Crippen molar-refractivity contribution in [1.82, 2.24) is 55.5 Å². The van der Waals surface area contributed by atoms with E-state index in [4.69, 9.17) is 77.1 Å². The summed E-state index contributed by atoms with van der Waals surface area (Å²) >= 11 is 18.2. The maximum Gasteiger partial charge on any atom is 0.340 e. The zero-order valence-electron chi connectivity index (χ0n) is 56.8. The molecule has 0 aliphatic rings. The molecule has 0 aliphatic heterocycles. The SMILES string of the molecule is COC(=O)c1cc(Cc2cc(C(=O)NCc3ccc(N)nc3C)ccn2)cc2cc(Cl)cnc12.COC(=O)c1cc(Cc2cc(C(=O)NCc3ccc(N)nc3C)ccn2)cc2cc(Cl)cnc12.COC(=O)c1cc(Cc2cc(C(=O)O)ccn2)cc2cc(Cl)cnc12.Cc1nc(N)ccc1CN.Cl. The van der Waals surface area contributed by atoms with Crippen LogP contribution in [0, 0.1) is 20.8 Å². The average Bonchev–Trinajstić information content (AvgIpc) is 0.801. The number of aromatic carboxylic acids is 1. The van der Waals surface area contributed by atoms with Crippen LogP contribution in [0.4, 0.5) is 17.5 Å². The molecule has 0 fully saturated rings. The number of carboxylic acids is 1. The van der Waals surface area contributed by atoms with Crippen LogP contribution in [0.5, 0.6) is 0 Å². The van der Waals surface area contributed by atoms with Crippen LogP contribution in [-0.2, 0) is 53.1 Å². The lowest BCUT2D eigenvalue weighted by Crippen LogP contribution is -2.23. The van der Waals surface area contributed by atoms with Gasteiger partial charge in [-0.3, -0.25) is 39.5 Å². The molecule has 0 saturated heterocycles. The molecule has 29 heteroatoms. The number of nitrogens with zero attached hydrogens (tertiary/aromatic N) is 9. The largest absolute Gasteiger partial charge is 0.478 e. The number of aromatic nitrogens is 9. The minimum absolute atomic E-state index is 0. The molecule has 25 nitrogen and oxygen atoms in total. The Bertz CT molecular complexity index is 5010. The molecule has 12 aromatic rings. The van der Waals surface area contributed by atoms with Crippen LogP contribution in [0.1, 0.15) is 130 Å². The highest BCUT2D eigenvalue weighted by Gasteiger charge is 2.20. The van der Waals surface area contributed by atoms with Crippen LogP contribution in [0.15, 0.2) is 165 Å². The smallest absolute Gasteiger partial charge is 0.340 e. The summed E-state index contributed by atoms with van der Waals surface area (Å²) in [5.41, 5.74) is 35.4. The van der Waals surface area contributed by atoms with Gasteiger partial charge in [0.15, 0.2) is 0 Å². The van der Waals surface area contributed by atoms with Crippen molar-refractivity contribution in [3.05, 3.63) is 281 Å². The Morgan fingerprint density at radius 1 is 0.423 bits per heavy atom. The fourth-order valence-corrected chi connectivity index (χ4v) is 11.2. The molecule has 0 atom stereocenters. The third kappa shape index (κ3) is 20.7. The van der Waals surface area contributed by atoms with Gasteiger partial charge in [0.1, 0.15) is 17.5 Å². The number of hydrogen-bond acceptors (Lipinski definition) is 22. The second-order valence-corrected chi connectivity index (χ2v) is 24.3. The molecule has 9 heterocycles. The van der Waals surface area contributed by atoms with Gasteiger partial charge in [-0.15, -0.1) is 12.4 Å². The number of rotatable bonds is 17. The molecule has 0 spiro atoms. The van der Waals surface area contributed by atoms with Crippen molar-refractivity contribution in [1.29, 1.82) is 0 Å². The van der Waals surface area contributed by atoms with Gasteiger partial charge in [-0.25, -0.2) is 34.1 Å². The van der Waals surface area contributed by atoms with Crippen molar-refractivity contribution in [2.45, 2.75) is 59.7 Å². The Labute approximate surface area is 617 Å². The maximum absolute atomic E-state index is 12.7. The Kier molecular flexibility index (Phi) is 27.1. The van der Waals surface area contributed by atoms with Crippen LogP contribution in [-0.4, -0.2) is 107 Å². The molecule has 12 rings (SSSR count). The quantitative estimate of drug-likeness (QED) is 0.0329. The molecule has 0 saturated carbocycles. The fraction of sp³-hybridized carbons (Fsp3) is 0.160. The molecule has 0 radical (unpaired) electrons. The number of amides is 2. The third-order valence-corrected chi connectivity index (χ3v) is 16.4. The monoisotopic (exact) mass is 1480 g/mol. The second-order valence-electron chi connectivity index (χ2n) is 23.0. The summed E-state index contributed by atoms with van der Waals surface area (Å²) in [6.45, 7) is 6.78. The van der Waals surface area contributed by atoms with E-state index >= 15 is 0 Å². The molecule has 0 unspecified atom stereocenters. The van der Waals surface area contributed by atoms with E-state index in [0.29, 0.717) is 149 Å². The van der Waals surface area contributed by atoms with Gasteiger partial charge in [0.05, 0.1) is 75.2 Å². The Morgan fingerprint density at radius 3 is 1.03 bits per heavy atom. The number of nitrogen functional groups attached to an aromatic ring is 3. The summed E-state index contributed by atoms with van der Waals surface area (Å²) in [7, 11) is 3.94. The Balaban J connectivity index is 0.000000186. The van der Waals surface area contributed by atoms with Crippen molar-refractivity contribution in [2.75, 3.05) is 38.5 Å². The highest BCUT2D eigenvalue weighted by molar-refractivity contribution is 6.32. The predicted octanol–water partition coefficient (Wildman–Crippen LogP) is 12.0. The average molecular weight is 1480 g/mol. The van der Waals surface area contributed by atoms with Gasteiger partial charge in [0, 0.05) is 138 Å². The number of nitrogens with one attached hydrogen (secondary N) is 2. The number of carbonyl (C=O) groups is 6. The first-order valence-electron chi connectivity index (χ1n) is 31.4. The van der Waals surface area contributed by atoms with Gasteiger partial charge in [-0.2, -0.15) is 0 Å². The van der Waals surface area contributed by atoms with Crippen molar-refractivity contribution in [3.63, 3.8) is 0 Å². The highest BCUT2D eigenvalue weighted by Crippen LogP contribution is 2.29. The van der Waals surface area contributed by atoms with Gasteiger partial charge < -0.3 is 52.9 Å². The molecule has 3 aromatic carbocycles. The number of anilines is 3. The van der Waals surface area contributed by atoms with Gasteiger partial charge in [0.2, 0.25) is 0 Å². The molecule has 532 valence electrons. The molecule has 11 N–H and O–H groups in total. The number of aryl methyl sites for hydroxylation is 3. The van der Waals surface area contributed by atoms with E-state index < -0.39 is 23.9 Å². The summed E-state index contributed by atoms with van der Waals surface area (Å²) in [6.07, 6.45) is 10.2. The Morgan fingerprint density at radius 2 is 0.731 bits per heavy atom. The minimum atomic E-state index is -1.02. The van der Waals surface area contributed by atoms with E-state index in [1.165, 1.54) is 58.2 Å². The number of pyridine rings is 9. The van der Waals surface area contributed by atoms with Crippen molar-refractivity contribution in [3.8, 4) is 0 Å². The molecular weight excluding hydrogens is 1410 g/mol. The van der Waals surface area contributed by atoms with Crippen molar-refractivity contribution < 1.29 is 48.1 Å². The first-order valence-corrected chi connectivity index (χ1v) is 32.5. The lowest BCUT2D eigenvalue weighted by Gasteiger charge is -2.10. The van der Waals surface area contributed by atoms with Crippen LogP contribution in [0.3, 0.4) is 0 Å². The van der Waals surface area contributed by atoms with Gasteiger partial charge in [-0.1, -0.05) is 53.0 Å². The number of hydrogen-bond donors (Lipinski definition) is 7. The molecule has 9 aromatic heterocycles. The number of carboxylic acid groups (broad SMARTS) is 1. The summed E-state index contributed by atoms with van der Waals surface area (Å²) in [5, 5.41) is 18.4. The molecule has 104 heavy (non-hydrogen) atoms. The number of methoxy groups -OCH3 is 3. The van der Waals surface area contributed by atoms with E-state index in [2.05, 4.69) is 55.5 Å². The Hall–Kier alpha value is -11.9. The fourth-order valence-electron chi connectivity index (χ4n) is 10.7. The van der Waals surface area contributed by atoms with E-state index in [-0.39, 0.29) is 29.8 Å². The summed E-state index contributed by atoms with van der Waals surface area (Å²) in [6, 6.07) is 36.4. The number of nitrogens with two attached hydrogens (primary N) is 4. The normalized spacial score (nSPS) is 10.6. The predicted molar refractivity (Wildman–Crippen MR) is 400 cm³/mol. The van der Waals surface area contributed by atoms with Crippen molar-refractivity contribution >= 4 is 133 Å². The standard InChI is InChI=1S/2C25H22ClN5O3.C18H13ClN2O4.C7H11N3.ClH/c2*1-14-17(3-4-22(27)31-14)12-30-24(32)16-5-6-28-20(11-16)8-15-7-18-10-19(26)13-29-23(18)21(9-15)25(33)34-2;1-25-18(24)15-6-10(4-12-7-13(19)9-21-16(12)15)5-14-8-11(17(22)23)2-3-20-14;1-5-6(4-8)2-3-7(9)10-5;/h2*3-7,9-11,13H,8,12H2,1-2H3,(H2,27,31)(H,30,32);2-4,6-9H,5H2,1H3,(H,22,23);2-3H,4,8H2,1H3,(H2,9,10);1H. The minimum Gasteiger partial charge on any atom is -0.478 e. The summed E-state index contributed by atoms with van der Waals surface area (Å²) in [5.74, 6) is -1.54. The van der Waals surface area contributed by atoms with E-state index in [0.717, 1.165) is 50.5 Å². The highest BCUT2D eigenvalue weighted by atomic mass is 35.5. The van der Waals surface area contributed by atoms with Crippen LogP contribution < -0.4 is 33.6 Å². The van der Waals surface area contributed by atoms with Crippen LogP contribution in [0.2, 0.25) is 15.1 Å². The van der Waals surface area contributed by atoms with E-state index in [1.54, 1.807) is 91.3 Å². The number of fused-ring (bicyclic) bond motifs is 3. The van der Waals surface area contributed by atoms with Crippen LogP contribution in [0.25, 0.3) is 32.7 Å². The zero-order valence-corrected chi connectivity index (χ0v) is 59.9. The lowest BCUT2D eigenvalue weighted by atomic mass is 10.0. The topological polar surface area (TPSA) is 394 Å². The maximum atomic E-state index is 12.7. The third-order valence-electron chi connectivity index (χ3n) is 15.8. The summed E-state index contributed by atoms with van der Waals surface area (Å²) in [4.78, 5) is 111. The van der Waals surface area contributed by atoms with E-state index in [9.17, 15) is 28.8 Å². The molecule has 0 bridgehead atoms. The summed E-state index contributed by atoms with van der Waals surface area (Å²) < 4.78 is 14.7. The lowest BCUT2D eigenvalue weighted by molar-refractivity contribution is 0.0593. The molecular formula is C75H69Cl4N15O10. The number of esters is 3. The second kappa shape index (κ2) is 36.1. The molecule has 2 amide bonds. The van der Waals surface area contributed by atoms with Crippen molar-refractivity contribution in [2.24, 2.45) is 5.73 Å². The first-order chi connectivity index (χ1) is 49.4. The van der Waals surface area contributed by atoms with E-state index in [1.807, 2.05) is 57.2 Å². The van der Waals surface area contributed by atoms with Gasteiger partial charge in [0.25, 0.3) is 11.8 Å². The first kappa shape index (κ1) is 77.9. The number of carbonyl (C=O) groups excluding carboxylic acids is 5. The van der Waals surface area contributed by atoms with Crippen LogP contribution >= 0.6 is 47.2 Å². The number of ether oxygens (including phenoxy) is 3. The zero-order chi connectivity index (χ0) is 74.0. The number of benzene rings is 3. The van der Waals surface area contributed by atoms with Gasteiger partial charge in [-0.05, 0) is 163 Å². The number of halogens is 4. The molecule has 0 aliphatic carbocycles. The van der Waals surface area contributed by atoms with Gasteiger partial charge >= 0.3 is 23.9 Å².